The van der Waals surface area contributed by atoms with Crippen molar-refractivity contribution in [3.05, 3.63) is 58.4 Å². The van der Waals surface area contributed by atoms with Crippen molar-refractivity contribution in [3.8, 4) is 11.5 Å². The molecule has 2 heterocycles. The highest BCUT2D eigenvalue weighted by Crippen LogP contribution is 2.34. The summed E-state index contributed by atoms with van der Waals surface area (Å²) in [4.78, 5) is 13.6. The quantitative estimate of drug-likeness (QED) is 0.454. The highest BCUT2D eigenvalue weighted by atomic mass is 16.5. The monoisotopic (exact) mass is 373 g/mol. The van der Waals surface area contributed by atoms with Crippen LogP contribution < -0.4 is 19.6 Å². The zero-order valence-electron chi connectivity index (χ0n) is 16.4. The number of pyridine rings is 1. The summed E-state index contributed by atoms with van der Waals surface area (Å²) in [5.41, 5.74) is 3.84. The summed E-state index contributed by atoms with van der Waals surface area (Å²) in [5, 5.41) is 4.00. The fraction of sp³-hybridized carbons (Fsp3) is 0.217. The lowest BCUT2D eigenvalue weighted by molar-refractivity contribution is -0.617. The van der Waals surface area contributed by atoms with Gasteiger partial charge in [0.1, 0.15) is 0 Å². The van der Waals surface area contributed by atoms with Gasteiger partial charge in [-0.05, 0) is 29.5 Å². The molecule has 0 atom stereocenters. The minimum Gasteiger partial charge on any atom is -0.493 e. The van der Waals surface area contributed by atoms with E-state index in [1.807, 2.05) is 25.2 Å². The zero-order valence-corrected chi connectivity index (χ0v) is 16.4. The van der Waals surface area contributed by atoms with E-state index in [4.69, 9.17) is 9.47 Å². The van der Waals surface area contributed by atoms with Crippen LogP contribution in [0, 0.1) is 0 Å². The lowest BCUT2D eigenvalue weighted by Gasteiger charge is -2.08. The van der Waals surface area contributed by atoms with Crippen molar-refractivity contribution in [2.75, 3.05) is 14.2 Å². The molecule has 5 nitrogen and oxygen atoms in total. The van der Waals surface area contributed by atoms with Gasteiger partial charge in [-0.2, -0.15) is 4.40 Å². The molecule has 0 fully saturated rings. The van der Waals surface area contributed by atoms with Gasteiger partial charge in [0.25, 0.3) is 5.65 Å². The Balaban J connectivity index is 2.12. The zero-order chi connectivity index (χ0) is 19.6. The van der Waals surface area contributed by atoms with Crippen molar-refractivity contribution in [1.29, 1.82) is 0 Å². The molecule has 2 aromatic heterocycles. The number of fused-ring (bicyclic) bond motifs is 4. The standard InChI is InChI=1S/C23H21N2O3/c1-5-13-9-10-16-21-14(13)7-6-8-15(21)22-24(2)17-11-19(27-3)20(28-4)12-18(17)25(22)23(16)26/h6-12H,5H2,1-4H3/q+1. The van der Waals surface area contributed by atoms with Crippen LogP contribution in [0.3, 0.4) is 0 Å². The number of rotatable bonds is 3. The van der Waals surface area contributed by atoms with Crippen molar-refractivity contribution in [2.24, 2.45) is 7.05 Å². The molecule has 0 aliphatic heterocycles. The number of benzene rings is 3. The van der Waals surface area contributed by atoms with Gasteiger partial charge in [-0.1, -0.05) is 25.1 Å². The smallest absolute Gasteiger partial charge is 0.347 e. The number of methoxy groups -OCH3 is 2. The van der Waals surface area contributed by atoms with Gasteiger partial charge in [0.05, 0.1) is 32.0 Å². The first-order chi connectivity index (χ1) is 13.6. The van der Waals surface area contributed by atoms with Crippen LogP contribution in [0.4, 0.5) is 0 Å². The number of aryl methyl sites for hydroxylation is 2. The Morgan fingerprint density at radius 1 is 0.964 bits per heavy atom. The lowest BCUT2D eigenvalue weighted by atomic mass is 9.97. The summed E-state index contributed by atoms with van der Waals surface area (Å²) in [6.07, 6.45) is 0.929. The topological polar surface area (TPSA) is 43.8 Å². The first kappa shape index (κ1) is 16.8. The predicted octanol–water partition coefficient (Wildman–Crippen LogP) is 3.60. The number of nitrogens with zero attached hydrogens (tertiary/aromatic N) is 2. The van der Waals surface area contributed by atoms with E-state index in [9.17, 15) is 4.79 Å². The molecule has 0 aliphatic rings. The van der Waals surface area contributed by atoms with Crippen molar-refractivity contribution in [2.45, 2.75) is 13.3 Å². The summed E-state index contributed by atoms with van der Waals surface area (Å²) in [7, 11) is 5.21. The summed E-state index contributed by atoms with van der Waals surface area (Å²) >= 11 is 0. The van der Waals surface area contributed by atoms with Gasteiger partial charge >= 0.3 is 5.56 Å². The van der Waals surface area contributed by atoms with E-state index >= 15 is 0 Å². The first-order valence-electron chi connectivity index (χ1n) is 9.36. The number of hydrogen-bond donors (Lipinski definition) is 0. The molecule has 0 saturated carbocycles. The average molecular weight is 373 g/mol. The van der Waals surface area contributed by atoms with Crippen LogP contribution >= 0.6 is 0 Å². The van der Waals surface area contributed by atoms with Crippen LogP contribution in [0.25, 0.3) is 38.2 Å². The van der Waals surface area contributed by atoms with Gasteiger partial charge in [-0.25, -0.2) is 9.36 Å². The van der Waals surface area contributed by atoms with Gasteiger partial charge in [0.15, 0.2) is 22.5 Å². The van der Waals surface area contributed by atoms with E-state index in [-0.39, 0.29) is 5.56 Å². The van der Waals surface area contributed by atoms with Gasteiger partial charge in [-0.3, -0.25) is 0 Å². The highest BCUT2D eigenvalue weighted by Gasteiger charge is 2.27. The van der Waals surface area contributed by atoms with E-state index in [1.165, 1.54) is 5.56 Å². The maximum atomic E-state index is 13.6. The van der Waals surface area contributed by atoms with Crippen LogP contribution in [0.15, 0.2) is 47.3 Å². The average Bonchev–Trinajstić information content (AvgIpc) is 3.02. The minimum absolute atomic E-state index is 0.0147. The van der Waals surface area contributed by atoms with Crippen LogP contribution in [-0.2, 0) is 13.5 Å². The molecule has 28 heavy (non-hydrogen) atoms. The molecule has 0 amide bonds. The molecule has 0 bridgehead atoms. The Bertz CT molecular complexity index is 1450. The Hall–Kier alpha value is -3.34. The van der Waals surface area contributed by atoms with Gasteiger partial charge in [0, 0.05) is 17.5 Å². The van der Waals surface area contributed by atoms with Gasteiger partial charge in [0.2, 0.25) is 0 Å². The maximum absolute atomic E-state index is 13.6. The molecular weight excluding hydrogens is 352 g/mol. The van der Waals surface area contributed by atoms with E-state index in [0.29, 0.717) is 11.5 Å². The largest absolute Gasteiger partial charge is 0.493 e. The third-order valence-electron chi connectivity index (χ3n) is 5.80. The summed E-state index contributed by atoms with van der Waals surface area (Å²) < 4.78 is 14.8. The highest BCUT2D eigenvalue weighted by molar-refractivity contribution is 6.15. The number of imidazole rings is 1. The molecule has 0 N–H and O–H groups in total. The molecule has 3 aromatic carbocycles. The maximum Gasteiger partial charge on any atom is 0.347 e. The molecule has 5 rings (SSSR count). The molecular formula is C23H21N2O3+. The number of aromatic nitrogens is 2. The molecule has 0 aliphatic carbocycles. The Morgan fingerprint density at radius 2 is 1.68 bits per heavy atom. The lowest BCUT2D eigenvalue weighted by Crippen LogP contribution is -2.29. The Labute approximate surface area is 161 Å². The van der Waals surface area contributed by atoms with E-state index in [0.717, 1.165) is 44.6 Å². The van der Waals surface area contributed by atoms with Crippen molar-refractivity contribution >= 4 is 38.2 Å². The van der Waals surface area contributed by atoms with Gasteiger partial charge in [-0.15, -0.1) is 0 Å². The predicted molar refractivity (Wildman–Crippen MR) is 111 cm³/mol. The third kappa shape index (κ3) is 1.96. The van der Waals surface area contributed by atoms with Crippen LogP contribution in [-0.4, -0.2) is 18.6 Å². The van der Waals surface area contributed by atoms with Crippen molar-refractivity contribution < 1.29 is 14.0 Å². The second-order valence-electron chi connectivity index (χ2n) is 7.07. The van der Waals surface area contributed by atoms with Crippen molar-refractivity contribution in [3.63, 3.8) is 0 Å². The fourth-order valence-corrected chi connectivity index (χ4v) is 4.45. The second kappa shape index (κ2) is 5.83. The molecule has 5 heteroatoms. The van der Waals surface area contributed by atoms with Crippen molar-refractivity contribution in [1.82, 2.24) is 4.40 Å². The van der Waals surface area contributed by atoms with E-state index < -0.39 is 0 Å². The molecule has 0 radical (unpaired) electrons. The number of hydrogen-bond acceptors (Lipinski definition) is 3. The van der Waals surface area contributed by atoms with Crippen LogP contribution in [0.5, 0.6) is 11.5 Å². The Morgan fingerprint density at radius 3 is 2.39 bits per heavy atom. The first-order valence-corrected chi connectivity index (χ1v) is 9.36. The molecule has 0 unspecified atom stereocenters. The minimum atomic E-state index is -0.0147. The summed E-state index contributed by atoms with van der Waals surface area (Å²) in [5.74, 6) is 1.25. The van der Waals surface area contributed by atoms with Gasteiger partial charge < -0.3 is 9.47 Å². The van der Waals surface area contributed by atoms with E-state index in [1.54, 1.807) is 18.6 Å². The fourth-order valence-electron chi connectivity index (χ4n) is 4.45. The normalized spacial score (nSPS) is 11.9. The summed E-state index contributed by atoms with van der Waals surface area (Å²) in [6.45, 7) is 2.14. The molecule has 0 saturated heterocycles. The third-order valence-corrected chi connectivity index (χ3v) is 5.80. The Kier molecular flexibility index (Phi) is 3.50. The van der Waals surface area contributed by atoms with Crippen LogP contribution in [0.1, 0.15) is 12.5 Å². The van der Waals surface area contributed by atoms with Crippen LogP contribution in [0.2, 0.25) is 0 Å². The second-order valence-corrected chi connectivity index (χ2v) is 7.07. The number of ether oxygens (including phenoxy) is 2. The van der Waals surface area contributed by atoms with E-state index in [2.05, 4.69) is 35.8 Å². The summed E-state index contributed by atoms with van der Waals surface area (Å²) in [6, 6.07) is 14.1. The SMILES string of the molecule is CCc1ccc2c(=O)n3c4cc(OC)c(OC)cc4[n+](C)c3c3cccc1c23. The molecule has 5 aromatic rings. The molecule has 140 valence electrons. The molecule has 0 spiro atoms.